The zero-order chi connectivity index (χ0) is 31.0. The number of aryl methyl sites for hydroxylation is 1. The van der Waals surface area contributed by atoms with Crippen LogP contribution in [0.15, 0.2) is 72.8 Å². The standard InChI is InChI=1S/C33H39Cl2N3O4S/c1-24-10-8-15-28(20-24)38(43(2,41)42)19-9-16-32(39)37(23-26-17-18-29(34)30(35)21-26)31(22-25-11-4-3-5-12-25)33(40)36-27-13-6-7-14-27/h3-5,8,10-12,15,17-18,20-21,27,31H,6-7,9,13-14,16,19,22-23H2,1-2H3,(H,36,40)/t31-/m1/s1. The topological polar surface area (TPSA) is 86.8 Å². The lowest BCUT2D eigenvalue weighted by Crippen LogP contribution is -2.52. The Balaban J connectivity index is 1.60. The SMILES string of the molecule is Cc1cccc(N(CCCC(=O)N(Cc2ccc(Cl)c(Cl)c2)[C@H](Cc2ccccc2)C(=O)NC2CCCC2)S(C)(=O)=O)c1. The third-order valence-corrected chi connectivity index (χ3v) is 9.68. The van der Waals surface area contributed by atoms with Gasteiger partial charge in [-0.15, -0.1) is 0 Å². The molecule has 3 aromatic rings. The van der Waals surface area contributed by atoms with Crippen molar-refractivity contribution in [3.8, 4) is 0 Å². The second-order valence-corrected chi connectivity index (χ2v) is 14.0. The smallest absolute Gasteiger partial charge is 0.243 e. The number of carbonyl (C=O) groups excluding carboxylic acids is 2. The van der Waals surface area contributed by atoms with Crippen LogP contribution < -0.4 is 9.62 Å². The van der Waals surface area contributed by atoms with Crippen molar-refractivity contribution in [2.45, 2.75) is 70.5 Å². The Morgan fingerprint density at radius 2 is 1.65 bits per heavy atom. The van der Waals surface area contributed by atoms with E-state index in [0.717, 1.165) is 48.6 Å². The van der Waals surface area contributed by atoms with Crippen LogP contribution >= 0.6 is 23.2 Å². The molecule has 0 saturated heterocycles. The molecule has 3 aromatic carbocycles. The summed E-state index contributed by atoms with van der Waals surface area (Å²) in [5.41, 5.74) is 3.17. The van der Waals surface area contributed by atoms with Crippen LogP contribution in [-0.2, 0) is 32.6 Å². The summed E-state index contributed by atoms with van der Waals surface area (Å²) in [5, 5.41) is 3.96. The van der Waals surface area contributed by atoms with Crippen molar-refractivity contribution >= 4 is 50.7 Å². The van der Waals surface area contributed by atoms with Crippen LogP contribution in [0.4, 0.5) is 5.69 Å². The van der Waals surface area contributed by atoms with Gasteiger partial charge in [-0.2, -0.15) is 0 Å². The Morgan fingerprint density at radius 1 is 0.930 bits per heavy atom. The lowest BCUT2D eigenvalue weighted by Gasteiger charge is -2.33. The van der Waals surface area contributed by atoms with E-state index in [9.17, 15) is 18.0 Å². The van der Waals surface area contributed by atoms with Gasteiger partial charge in [-0.25, -0.2) is 8.42 Å². The highest BCUT2D eigenvalue weighted by molar-refractivity contribution is 7.92. The Bertz CT molecular complexity index is 1510. The average Bonchev–Trinajstić information content (AvgIpc) is 3.47. The molecule has 230 valence electrons. The van der Waals surface area contributed by atoms with Crippen molar-refractivity contribution in [1.29, 1.82) is 0 Å². The molecule has 0 radical (unpaired) electrons. The van der Waals surface area contributed by atoms with Crippen LogP contribution in [0.2, 0.25) is 10.0 Å². The number of hydrogen-bond donors (Lipinski definition) is 1. The van der Waals surface area contributed by atoms with Crippen molar-refractivity contribution in [1.82, 2.24) is 10.2 Å². The van der Waals surface area contributed by atoms with Gasteiger partial charge in [-0.05, 0) is 67.1 Å². The molecule has 1 fully saturated rings. The molecule has 1 N–H and O–H groups in total. The summed E-state index contributed by atoms with van der Waals surface area (Å²) in [5.74, 6) is -0.437. The molecule has 43 heavy (non-hydrogen) atoms. The first-order valence-corrected chi connectivity index (χ1v) is 17.2. The van der Waals surface area contributed by atoms with Crippen LogP contribution in [-0.4, -0.2) is 50.0 Å². The second-order valence-electron chi connectivity index (χ2n) is 11.2. The highest BCUT2D eigenvalue weighted by Crippen LogP contribution is 2.26. The summed E-state index contributed by atoms with van der Waals surface area (Å²) >= 11 is 12.5. The molecule has 0 bridgehead atoms. The van der Waals surface area contributed by atoms with E-state index < -0.39 is 16.1 Å². The number of hydrogen-bond acceptors (Lipinski definition) is 4. The number of anilines is 1. The van der Waals surface area contributed by atoms with Gasteiger partial charge in [-0.1, -0.05) is 84.6 Å². The highest BCUT2D eigenvalue weighted by atomic mass is 35.5. The monoisotopic (exact) mass is 643 g/mol. The molecule has 0 aliphatic heterocycles. The van der Waals surface area contributed by atoms with Gasteiger partial charge in [0, 0.05) is 32.0 Å². The van der Waals surface area contributed by atoms with Gasteiger partial charge in [-0.3, -0.25) is 13.9 Å². The number of sulfonamides is 1. The van der Waals surface area contributed by atoms with Gasteiger partial charge in [0.15, 0.2) is 0 Å². The van der Waals surface area contributed by atoms with Crippen LogP contribution in [0.3, 0.4) is 0 Å². The maximum Gasteiger partial charge on any atom is 0.243 e. The van der Waals surface area contributed by atoms with Crippen LogP contribution in [0, 0.1) is 6.92 Å². The number of nitrogens with zero attached hydrogens (tertiary/aromatic N) is 2. The van der Waals surface area contributed by atoms with Crippen LogP contribution in [0.1, 0.15) is 55.2 Å². The van der Waals surface area contributed by atoms with Crippen LogP contribution in [0.5, 0.6) is 0 Å². The molecule has 1 aliphatic rings. The Labute approximate surface area is 265 Å². The first-order valence-electron chi connectivity index (χ1n) is 14.6. The Morgan fingerprint density at radius 3 is 2.30 bits per heavy atom. The van der Waals surface area contributed by atoms with Crippen molar-refractivity contribution in [2.24, 2.45) is 0 Å². The quantitative estimate of drug-likeness (QED) is 0.229. The molecule has 0 heterocycles. The minimum absolute atomic E-state index is 0.0567. The molecule has 0 aromatic heterocycles. The van der Waals surface area contributed by atoms with Gasteiger partial charge < -0.3 is 10.2 Å². The zero-order valence-electron chi connectivity index (χ0n) is 24.6. The minimum atomic E-state index is -3.58. The van der Waals surface area contributed by atoms with E-state index in [2.05, 4.69) is 5.32 Å². The van der Waals surface area contributed by atoms with E-state index in [-0.39, 0.29) is 43.8 Å². The van der Waals surface area contributed by atoms with Crippen molar-refractivity contribution in [2.75, 3.05) is 17.1 Å². The van der Waals surface area contributed by atoms with Gasteiger partial charge in [0.2, 0.25) is 21.8 Å². The zero-order valence-corrected chi connectivity index (χ0v) is 27.0. The number of benzene rings is 3. The summed E-state index contributed by atoms with van der Waals surface area (Å²) in [4.78, 5) is 29.5. The summed E-state index contributed by atoms with van der Waals surface area (Å²) in [6, 6.07) is 21.4. The molecule has 1 atom stereocenters. The first kappa shape index (κ1) is 32.8. The number of halogens is 2. The summed E-state index contributed by atoms with van der Waals surface area (Å²) in [6.45, 7) is 2.18. The van der Waals surface area contributed by atoms with E-state index in [4.69, 9.17) is 23.2 Å². The van der Waals surface area contributed by atoms with E-state index in [0.29, 0.717) is 22.2 Å². The molecule has 0 spiro atoms. The lowest BCUT2D eigenvalue weighted by molar-refractivity contribution is -0.141. The molecular formula is C33H39Cl2N3O4S. The lowest BCUT2D eigenvalue weighted by atomic mass is 10.0. The fourth-order valence-electron chi connectivity index (χ4n) is 5.54. The average molecular weight is 645 g/mol. The molecule has 2 amide bonds. The molecule has 4 rings (SSSR count). The molecule has 0 unspecified atom stereocenters. The predicted octanol–water partition coefficient (Wildman–Crippen LogP) is 6.55. The van der Waals surface area contributed by atoms with Gasteiger partial charge >= 0.3 is 0 Å². The van der Waals surface area contributed by atoms with E-state index in [1.54, 1.807) is 29.2 Å². The number of carbonyl (C=O) groups is 2. The Kier molecular flexibility index (Phi) is 11.5. The summed E-state index contributed by atoms with van der Waals surface area (Å²) in [7, 11) is -3.58. The van der Waals surface area contributed by atoms with Gasteiger partial charge in [0.25, 0.3) is 0 Å². The van der Waals surface area contributed by atoms with Crippen molar-refractivity contribution in [3.63, 3.8) is 0 Å². The first-order chi connectivity index (χ1) is 20.5. The van der Waals surface area contributed by atoms with Crippen molar-refractivity contribution in [3.05, 3.63) is 99.5 Å². The van der Waals surface area contributed by atoms with Crippen molar-refractivity contribution < 1.29 is 18.0 Å². The molecular weight excluding hydrogens is 605 g/mol. The van der Waals surface area contributed by atoms with Gasteiger partial charge in [0.1, 0.15) is 6.04 Å². The number of amides is 2. The minimum Gasteiger partial charge on any atom is -0.352 e. The summed E-state index contributed by atoms with van der Waals surface area (Å²) < 4.78 is 26.7. The largest absolute Gasteiger partial charge is 0.352 e. The number of nitrogens with one attached hydrogen (secondary N) is 1. The van der Waals surface area contributed by atoms with E-state index >= 15 is 0 Å². The van der Waals surface area contributed by atoms with E-state index in [1.807, 2.05) is 55.5 Å². The van der Waals surface area contributed by atoms with Crippen LogP contribution in [0.25, 0.3) is 0 Å². The fraction of sp³-hybridized carbons (Fsp3) is 0.394. The number of rotatable bonds is 13. The fourth-order valence-corrected chi connectivity index (χ4v) is 6.82. The maximum atomic E-state index is 14.0. The third-order valence-electron chi connectivity index (χ3n) is 7.75. The third kappa shape index (κ3) is 9.46. The van der Waals surface area contributed by atoms with Gasteiger partial charge in [0.05, 0.1) is 22.0 Å². The normalized spacial score (nSPS) is 14.3. The summed E-state index contributed by atoms with van der Waals surface area (Å²) in [6.07, 6.45) is 5.81. The molecule has 10 heteroatoms. The highest BCUT2D eigenvalue weighted by Gasteiger charge is 2.32. The van der Waals surface area contributed by atoms with E-state index in [1.165, 1.54) is 4.31 Å². The maximum absolute atomic E-state index is 14.0. The molecule has 7 nitrogen and oxygen atoms in total. The Hall–Kier alpha value is -3.07. The molecule has 1 saturated carbocycles. The second kappa shape index (κ2) is 15.1. The predicted molar refractivity (Wildman–Crippen MR) is 174 cm³/mol. The molecule has 1 aliphatic carbocycles.